The quantitative estimate of drug-likeness (QED) is 0.887. The van der Waals surface area contributed by atoms with Gasteiger partial charge in [0.25, 0.3) is 0 Å². The molecule has 1 saturated heterocycles. The molecule has 2 aliphatic rings. The molecule has 25 heavy (non-hydrogen) atoms. The third kappa shape index (κ3) is 3.18. The van der Waals surface area contributed by atoms with Crippen LogP contribution < -0.4 is 0 Å². The molecular formula is C17H24N6O2. The van der Waals surface area contributed by atoms with Gasteiger partial charge in [0.1, 0.15) is 12.4 Å². The van der Waals surface area contributed by atoms with Crippen LogP contribution >= 0.6 is 0 Å². The van der Waals surface area contributed by atoms with Gasteiger partial charge in [-0.25, -0.2) is 4.98 Å². The summed E-state index contributed by atoms with van der Waals surface area (Å²) in [5.74, 6) is 2.16. The second kappa shape index (κ2) is 6.25. The van der Waals surface area contributed by atoms with Crippen molar-refractivity contribution in [1.82, 2.24) is 29.9 Å². The van der Waals surface area contributed by atoms with Gasteiger partial charge in [-0.15, -0.1) is 0 Å². The first kappa shape index (κ1) is 16.3. The topological polar surface area (TPSA) is 88.9 Å². The highest BCUT2D eigenvalue weighted by atomic mass is 16.5. The monoisotopic (exact) mass is 344 g/mol. The highest BCUT2D eigenvalue weighted by molar-refractivity contribution is 5.77. The van der Waals surface area contributed by atoms with Crippen LogP contribution in [0.25, 0.3) is 0 Å². The van der Waals surface area contributed by atoms with Crippen molar-refractivity contribution >= 4 is 5.91 Å². The number of hydrogen-bond acceptors (Lipinski definition) is 5. The maximum atomic E-state index is 12.9. The van der Waals surface area contributed by atoms with Gasteiger partial charge in [0, 0.05) is 31.7 Å². The number of carbonyl (C=O) groups is 1. The van der Waals surface area contributed by atoms with Gasteiger partial charge in [0.15, 0.2) is 5.82 Å². The lowest BCUT2D eigenvalue weighted by atomic mass is 10.2. The Morgan fingerprint density at radius 3 is 2.84 bits per heavy atom. The van der Waals surface area contributed by atoms with Gasteiger partial charge in [-0.3, -0.25) is 14.6 Å². The first-order chi connectivity index (χ1) is 12.0. The standard InChI is InChI=1S/C17H24N6O2/c1-10-6-11(2)23(21-10)9-15(24)22-8-13(25-3)7-14(22)17-18-16(19-20-17)12-4-5-12/h6,12-14H,4-5,7-9H2,1-3H3,(H,18,19,20)/t13-,14+/m1/s1. The normalized spacial score (nSPS) is 23.4. The van der Waals surface area contributed by atoms with Gasteiger partial charge in [0.2, 0.25) is 5.91 Å². The molecule has 0 aromatic carbocycles. The van der Waals surface area contributed by atoms with Crippen LogP contribution in [0, 0.1) is 13.8 Å². The molecule has 0 unspecified atom stereocenters. The minimum absolute atomic E-state index is 0.0175. The molecule has 2 aromatic rings. The second-order valence-electron chi connectivity index (χ2n) is 7.09. The van der Waals surface area contributed by atoms with Crippen molar-refractivity contribution in [3.8, 4) is 0 Å². The highest BCUT2D eigenvalue weighted by Gasteiger charge is 2.39. The van der Waals surface area contributed by atoms with Crippen LogP contribution in [-0.4, -0.2) is 55.5 Å². The van der Waals surface area contributed by atoms with E-state index in [0.717, 1.165) is 42.3 Å². The van der Waals surface area contributed by atoms with E-state index in [1.165, 1.54) is 0 Å². The maximum absolute atomic E-state index is 12.9. The second-order valence-corrected chi connectivity index (χ2v) is 7.09. The fraction of sp³-hybridized carbons (Fsp3) is 0.647. The van der Waals surface area contributed by atoms with E-state index in [1.807, 2.05) is 24.8 Å². The van der Waals surface area contributed by atoms with Crippen molar-refractivity contribution in [2.45, 2.75) is 57.7 Å². The number of nitrogens with zero attached hydrogens (tertiary/aromatic N) is 5. The molecule has 8 nitrogen and oxygen atoms in total. The number of aromatic nitrogens is 5. The molecule has 0 radical (unpaired) electrons. The van der Waals surface area contributed by atoms with E-state index in [9.17, 15) is 4.79 Å². The fourth-order valence-corrected chi connectivity index (χ4v) is 3.52. The predicted octanol–water partition coefficient (Wildman–Crippen LogP) is 1.48. The summed E-state index contributed by atoms with van der Waals surface area (Å²) in [4.78, 5) is 19.4. The maximum Gasteiger partial charge on any atom is 0.245 e. The van der Waals surface area contributed by atoms with E-state index in [2.05, 4.69) is 20.3 Å². The molecule has 134 valence electrons. The van der Waals surface area contributed by atoms with Crippen molar-refractivity contribution in [2.75, 3.05) is 13.7 Å². The van der Waals surface area contributed by atoms with Crippen molar-refractivity contribution in [3.63, 3.8) is 0 Å². The van der Waals surface area contributed by atoms with Gasteiger partial charge in [-0.05, 0) is 32.8 Å². The van der Waals surface area contributed by atoms with Gasteiger partial charge in [-0.2, -0.15) is 10.2 Å². The summed E-state index contributed by atoms with van der Waals surface area (Å²) in [5, 5.41) is 11.8. The first-order valence-electron chi connectivity index (χ1n) is 8.80. The number of likely N-dealkylation sites (tertiary alicyclic amines) is 1. The molecule has 1 amide bonds. The number of rotatable bonds is 5. The number of amides is 1. The molecule has 2 fully saturated rings. The van der Waals surface area contributed by atoms with Crippen LogP contribution in [0.2, 0.25) is 0 Å². The highest BCUT2D eigenvalue weighted by Crippen LogP contribution is 2.39. The third-order valence-electron chi connectivity index (χ3n) is 5.08. The van der Waals surface area contributed by atoms with Crippen LogP contribution in [0.15, 0.2) is 6.07 Å². The molecule has 1 N–H and O–H groups in total. The molecule has 3 heterocycles. The summed E-state index contributed by atoms with van der Waals surface area (Å²) in [6.07, 6.45) is 3.06. The number of methoxy groups -OCH3 is 1. The summed E-state index contributed by atoms with van der Waals surface area (Å²) < 4.78 is 7.26. The van der Waals surface area contributed by atoms with Crippen LogP contribution in [0.4, 0.5) is 0 Å². The number of H-pyrrole nitrogens is 1. The summed E-state index contributed by atoms with van der Waals surface area (Å²) in [6, 6.07) is 1.86. The van der Waals surface area contributed by atoms with Gasteiger partial charge >= 0.3 is 0 Å². The number of aryl methyl sites for hydroxylation is 2. The Kier molecular flexibility index (Phi) is 4.07. The van der Waals surface area contributed by atoms with E-state index < -0.39 is 0 Å². The van der Waals surface area contributed by atoms with Crippen LogP contribution in [0.3, 0.4) is 0 Å². The molecule has 8 heteroatoms. The van der Waals surface area contributed by atoms with E-state index >= 15 is 0 Å². The third-order valence-corrected chi connectivity index (χ3v) is 5.08. The lowest BCUT2D eigenvalue weighted by Gasteiger charge is -2.23. The average molecular weight is 344 g/mol. The van der Waals surface area contributed by atoms with Crippen LogP contribution in [-0.2, 0) is 16.1 Å². The summed E-state index contributed by atoms with van der Waals surface area (Å²) in [7, 11) is 1.69. The van der Waals surface area contributed by atoms with Crippen LogP contribution in [0.1, 0.15) is 54.3 Å². The molecule has 2 aromatic heterocycles. The Hall–Kier alpha value is -2.22. The van der Waals surface area contributed by atoms with E-state index in [1.54, 1.807) is 11.8 Å². The largest absolute Gasteiger partial charge is 0.380 e. The Labute approximate surface area is 146 Å². The summed E-state index contributed by atoms with van der Waals surface area (Å²) >= 11 is 0. The molecule has 1 saturated carbocycles. The van der Waals surface area contributed by atoms with E-state index in [0.29, 0.717) is 12.5 Å². The van der Waals surface area contributed by atoms with E-state index in [4.69, 9.17) is 4.74 Å². The Bertz CT molecular complexity index is 778. The number of carbonyl (C=O) groups excluding carboxylic acids is 1. The number of aromatic amines is 1. The molecule has 1 aliphatic heterocycles. The zero-order valence-corrected chi connectivity index (χ0v) is 14.9. The Morgan fingerprint density at radius 1 is 1.40 bits per heavy atom. The summed E-state index contributed by atoms with van der Waals surface area (Å²) in [5.41, 5.74) is 1.91. The Morgan fingerprint density at radius 2 is 2.20 bits per heavy atom. The lowest BCUT2D eigenvalue weighted by Crippen LogP contribution is -2.35. The number of nitrogens with one attached hydrogen (secondary N) is 1. The number of hydrogen-bond donors (Lipinski definition) is 1. The fourth-order valence-electron chi connectivity index (χ4n) is 3.52. The van der Waals surface area contributed by atoms with Crippen LogP contribution in [0.5, 0.6) is 0 Å². The van der Waals surface area contributed by atoms with Gasteiger partial charge in [0.05, 0.1) is 17.8 Å². The van der Waals surface area contributed by atoms with E-state index in [-0.39, 0.29) is 24.6 Å². The first-order valence-corrected chi connectivity index (χ1v) is 8.80. The zero-order valence-electron chi connectivity index (χ0n) is 14.9. The minimum Gasteiger partial charge on any atom is -0.380 e. The van der Waals surface area contributed by atoms with Crippen molar-refractivity contribution in [1.29, 1.82) is 0 Å². The van der Waals surface area contributed by atoms with Gasteiger partial charge < -0.3 is 9.64 Å². The predicted molar refractivity (Wildman–Crippen MR) is 89.9 cm³/mol. The Balaban J connectivity index is 1.54. The molecule has 0 bridgehead atoms. The smallest absolute Gasteiger partial charge is 0.245 e. The molecule has 0 spiro atoms. The lowest BCUT2D eigenvalue weighted by molar-refractivity contribution is -0.133. The summed E-state index contributed by atoms with van der Waals surface area (Å²) in [6.45, 7) is 4.70. The molecule has 2 atom stereocenters. The minimum atomic E-state index is -0.116. The van der Waals surface area contributed by atoms with Crippen molar-refractivity contribution in [3.05, 3.63) is 29.1 Å². The van der Waals surface area contributed by atoms with Crippen molar-refractivity contribution < 1.29 is 9.53 Å². The van der Waals surface area contributed by atoms with Gasteiger partial charge in [-0.1, -0.05) is 0 Å². The molecular weight excluding hydrogens is 320 g/mol. The molecule has 4 rings (SSSR count). The van der Waals surface area contributed by atoms with Crippen molar-refractivity contribution in [2.24, 2.45) is 0 Å². The average Bonchev–Trinajstić information content (AvgIpc) is 3.03. The zero-order chi connectivity index (χ0) is 17.6. The number of ether oxygens (including phenoxy) is 1. The molecule has 1 aliphatic carbocycles. The SMILES string of the molecule is CO[C@@H]1C[C@@H](c2nc(C3CC3)n[nH]2)N(C(=O)Cn2nc(C)cc2C)C1.